The Hall–Kier alpha value is -2.18. The quantitative estimate of drug-likeness (QED) is 0.539. The molecule has 4 aliphatic rings. The molecule has 1 aromatic heterocycles. The van der Waals surface area contributed by atoms with Crippen molar-refractivity contribution >= 4 is 11.8 Å². The minimum atomic E-state index is -1.20. The van der Waals surface area contributed by atoms with E-state index < -0.39 is 41.0 Å². The molecular weight excluding hydrogens is 408 g/mol. The molecule has 4 aliphatic carbocycles. The molecule has 0 aromatic carbocycles. The van der Waals surface area contributed by atoms with Crippen LogP contribution in [0.4, 0.5) is 0 Å². The molecule has 2 fully saturated rings. The van der Waals surface area contributed by atoms with Gasteiger partial charge in [0.05, 0.1) is 24.7 Å². The second kappa shape index (κ2) is 6.91. The lowest BCUT2D eigenvalue weighted by Crippen LogP contribution is -2.70. The average molecular weight is 441 g/mol. The van der Waals surface area contributed by atoms with E-state index in [9.17, 15) is 19.8 Å². The van der Waals surface area contributed by atoms with Gasteiger partial charge in [-0.2, -0.15) is 0 Å². The Morgan fingerprint density at radius 1 is 1.22 bits per heavy atom. The highest BCUT2D eigenvalue weighted by molar-refractivity contribution is 5.97. The lowest BCUT2D eigenvalue weighted by Gasteiger charge is -2.65. The number of ether oxygens (including phenoxy) is 1. The van der Waals surface area contributed by atoms with E-state index in [1.165, 1.54) is 13.0 Å². The monoisotopic (exact) mass is 440 g/mol. The van der Waals surface area contributed by atoms with E-state index in [2.05, 4.69) is 13.0 Å². The van der Waals surface area contributed by atoms with Crippen molar-refractivity contribution in [1.82, 2.24) is 0 Å². The molecular formula is C26H32O6. The van der Waals surface area contributed by atoms with Gasteiger partial charge >= 0.3 is 5.97 Å². The summed E-state index contributed by atoms with van der Waals surface area (Å²) in [7, 11) is 0. The third-order valence-corrected chi connectivity index (χ3v) is 9.49. The van der Waals surface area contributed by atoms with E-state index in [0.29, 0.717) is 0 Å². The molecule has 0 amide bonds. The summed E-state index contributed by atoms with van der Waals surface area (Å²) in [6, 6.07) is 2.00. The van der Waals surface area contributed by atoms with E-state index in [1.54, 1.807) is 18.6 Å². The number of hydrogen-bond acceptors (Lipinski definition) is 6. The van der Waals surface area contributed by atoms with Crippen molar-refractivity contribution in [3.8, 4) is 0 Å². The van der Waals surface area contributed by atoms with Crippen molar-refractivity contribution in [2.75, 3.05) is 0 Å². The molecule has 6 heteroatoms. The number of aliphatic hydroxyl groups is 2. The van der Waals surface area contributed by atoms with Gasteiger partial charge in [0.2, 0.25) is 0 Å². The van der Waals surface area contributed by atoms with Gasteiger partial charge in [-0.1, -0.05) is 32.4 Å². The predicted molar refractivity (Wildman–Crippen MR) is 116 cm³/mol. The van der Waals surface area contributed by atoms with Crippen LogP contribution in [0, 0.1) is 28.1 Å². The van der Waals surface area contributed by atoms with Crippen molar-refractivity contribution in [3.63, 3.8) is 0 Å². The first-order valence-corrected chi connectivity index (χ1v) is 11.6. The highest BCUT2D eigenvalue weighted by Gasteiger charge is 2.71. The Morgan fingerprint density at radius 3 is 2.62 bits per heavy atom. The SMILES string of the molecule is CC(=O)O[C@H]1C=CC(=O)[C@@]2(C)[C@H]1[C@@H](O)[C@@H](O)[C@@]1(C)C3=CC[C@@H](c4ccoc4)[C@]3(C)CC[C@H]21. The van der Waals surface area contributed by atoms with Crippen molar-refractivity contribution in [2.45, 2.75) is 71.2 Å². The fourth-order valence-electron chi connectivity index (χ4n) is 8.05. The van der Waals surface area contributed by atoms with E-state index >= 15 is 0 Å². The maximum atomic E-state index is 13.4. The molecule has 1 aromatic rings. The van der Waals surface area contributed by atoms with Crippen molar-refractivity contribution < 1.29 is 29.0 Å². The molecule has 32 heavy (non-hydrogen) atoms. The van der Waals surface area contributed by atoms with E-state index in [0.717, 1.165) is 30.4 Å². The first-order chi connectivity index (χ1) is 15.1. The number of aliphatic hydroxyl groups excluding tert-OH is 2. The van der Waals surface area contributed by atoms with Gasteiger partial charge in [-0.05, 0) is 60.3 Å². The van der Waals surface area contributed by atoms with Crippen LogP contribution >= 0.6 is 0 Å². The topological polar surface area (TPSA) is 97.0 Å². The van der Waals surface area contributed by atoms with Gasteiger partial charge in [-0.15, -0.1) is 0 Å². The van der Waals surface area contributed by atoms with Crippen LogP contribution in [0.1, 0.15) is 58.4 Å². The van der Waals surface area contributed by atoms with Gasteiger partial charge in [0.1, 0.15) is 6.10 Å². The zero-order valence-corrected chi connectivity index (χ0v) is 19.1. The van der Waals surface area contributed by atoms with Crippen LogP contribution in [-0.2, 0) is 14.3 Å². The number of rotatable bonds is 2. The molecule has 5 rings (SSSR count). The van der Waals surface area contributed by atoms with E-state index in [4.69, 9.17) is 9.15 Å². The first-order valence-electron chi connectivity index (χ1n) is 11.6. The molecule has 0 bridgehead atoms. The van der Waals surface area contributed by atoms with Crippen molar-refractivity contribution in [3.05, 3.63) is 48.0 Å². The maximum Gasteiger partial charge on any atom is 0.303 e. The third kappa shape index (κ3) is 2.54. The third-order valence-electron chi connectivity index (χ3n) is 9.49. The molecule has 0 aliphatic heterocycles. The number of allylic oxidation sites excluding steroid dienone is 2. The minimum Gasteiger partial charge on any atom is -0.472 e. The van der Waals surface area contributed by atoms with Crippen molar-refractivity contribution in [1.29, 1.82) is 0 Å². The smallest absolute Gasteiger partial charge is 0.303 e. The molecule has 1 heterocycles. The Morgan fingerprint density at radius 2 is 1.97 bits per heavy atom. The summed E-state index contributed by atoms with van der Waals surface area (Å²) in [4.78, 5) is 25.1. The lowest BCUT2D eigenvalue weighted by molar-refractivity contribution is -0.223. The van der Waals surface area contributed by atoms with Crippen LogP contribution < -0.4 is 0 Å². The van der Waals surface area contributed by atoms with Gasteiger partial charge in [-0.3, -0.25) is 9.59 Å². The molecule has 2 saturated carbocycles. The predicted octanol–water partition coefficient (Wildman–Crippen LogP) is 3.54. The molecule has 0 saturated heterocycles. The number of carbonyl (C=O) groups is 2. The number of carbonyl (C=O) groups excluding carboxylic acids is 2. The molecule has 9 atom stereocenters. The Kier molecular flexibility index (Phi) is 4.68. The largest absolute Gasteiger partial charge is 0.472 e. The van der Waals surface area contributed by atoms with Crippen LogP contribution in [0.3, 0.4) is 0 Å². The lowest BCUT2D eigenvalue weighted by atomic mass is 9.39. The van der Waals surface area contributed by atoms with Crippen molar-refractivity contribution in [2.24, 2.45) is 28.1 Å². The average Bonchev–Trinajstić information content (AvgIpc) is 3.36. The molecule has 0 radical (unpaired) electrons. The summed E-state index contributed by atoms with van der Waals surface area (Å²) in [6.45, 7) is 7.47. The van der Waals surface area contributed by atoms with E-state index in [-0.39, 0.29) is 23.0 Å². The van der Waals surface area contributed by atoms with Gasteiger partial charge in [0, 0.05) is 23.7 Å². The van der Waals surface area contributed by atoms with Gasteiger partial charge < -0.3 is 19.4 Å². The van der Waals surface area contributed by atoms with Gasteiger partial charge in [-0.25, -0.2) is 0 Å². The van der Waals surface area contributed by atoms with Crippen LogP contribution in [0.5, 0.6) is 0 Å². The highest BCUT2D eigenvalue weighted by atomic mass is 16.5. The second-order valence-electron chi connectivity index (χ2n) is 10.8. The van der Waals surface area contributed by atoms with Crippen LogP contribution in [0.2, 0.25) is 0 Å². The van der Waals surface area contributed by atoms with Crippen LogP contribution in [-0.4, -0.2) is 40.3 Å². The Labute approximate surface area is 188 Å². The summed E-state index contributed by atoms with van der Waals surface area (Å²) < 4.78 is 10.9. The number of esters is 1. The summed E-state index contributed by atoms with van der Waals surface area (Å²) in [5.74, 6) is -1.17. The zero-order valence-electron chi connectivity index (χ0n) is 19.1. The molecule has 172 valence electrons. The van der Waals surface area contributed by atoms with Crippen LogP contribution in [0.25, 0.3) is 0 Å². The number of furan rings is 1. The summed E-state index contributed by atoms with van der Waals surface area (Å²) in [5, 5.41) is 23.0. The highest BCUT2D eigenvalue weighted by Crippen LogP contribution is 2.71. The minimum absolute atomic E-state index is 0.0679. The Balaban J connectivity index is 1.61. The van der Waals surface area contributed by atoms with Crippen LogP contribution in [0.15, 0.2) is 46.8 Å². The summed E-state index contributed by atoms with van der Waals surface area (Å²) in [6.07, 6.45) is 8.20. The summed E-state index contributed by atoms with van der Waals surface area (Å²) >= 11 is 0. The zero-order chi connectivity index (χ0) is 23.1. The second-order valence-corrected chi connectivity index (χ2v) is 10.8. The number of ketones is 1. The first kappa shape index (κ1) is 21.7. The number of fused-ring (bicyclic) bond motifs is 5. The fraction of sp³-hybridized carbons (Fsp3) is 0.615. The van der Waals surface area contributed by atoms with E-state index in [1.807, 2.05) is 19.9 Å². The molecule has 6 nitrogen and oxygen atoms in total. The Bertz CT molecular complexity index is 1010. The fourth-order valence-corrected chi connectivity index (χ4v) is 8.05. The summed E-state index contributed by atoms with van der Waals surface area (Å²) in [5.41, 5.74) is 0.366. The molecule has 0 unspecified atom stereocenters. The number of hydrogen-bond donors (Lipinski definition) is 2. The molecule has 2 N–H and O–H groups in total. The van der Waals surface area contributed by atoms with Gasteiger partial charge in [0.15, 0.2) is 5.78 Å². The maximum absolute atomic E-state index is 13.4. The standard InChI is InChI=1S/C26H32O6/c1-14(27)32-17-6-8-20(28)26(4)19-9-11-24(2)16(15-10-12-31-13-15)5-7-18(24)25(19,3)23(30)22(29)21(17)26/h6-8,10,12-13,16-17,19,21-23,29-30H,5,9,11H2,1-4H3/t16-,17-,19-,21+,22+,23+,24-,25-,26-/m0/s1. The normalized spacial score (nSPS) is 47.3. The molecule has 0 spiro atoms. The van der Waals surface area contributed by atoms with Gasteiger partial charge in [0.25, 0.3) is 0 Å².